The number of rotatable bonds is 2. The average molecular weight is 377 g/mol. The van der Waals surface area contributed by atoms with Gasteiger partial charge < -0.3 is 14.5 Å². The Labute approximate surface area is 160 Å². The maximum absolute atomic E-state index is 12.7. The molecule has 150 valence electrons. The summed E-state index contributed by atoms with van der Waals surface area (Å²) in [6.45, 7) is 10.0. The number of hydrogen-bond donors (Lipinski definition) is 2. The van der Waals surface area contributed by atoms with Gasteiger partial charge in [0.05, 0.1) is 5.69 Å². The largest absolute Gasteiger partial charge is 0.381 e. The molecule has 2 saturated heterocycles. The zero-order chi connectivity index (χ0) is 19.4. The van der Waals surface area contributed by atoms with Crippen LogP contribution < -0.4 is 5.32 Å². The number of aromatic amines is 1. The number of carbonyl (C=O) groups is 2. The smallest absolute Gasteiger partial charge is 0.323 e. The first-order valence-electron chi connectivity index (χ1n) is 9.83. The molecule has 8 heteroatoms. The zero-order valence-electron chi connectivity index (χ0n) is 16.6. The average Bonchev–Trinajstić information content (AvgIpc) is 2.98. The standard InChI is InChI=1S/C19H31N5O3/c1-19(2,3)15-13-16(22-21-15)20-18(26)24-8-4-7-23(9-10-24)17(25)14-5-11-27-12-6-14/h13-14H,4-12H2,1-3H3,(H2,20,21,22,26). The van der Waals surface area contributed by atoms with Gasteiger partial charge in [0.15, 0.2) is 0 Å². The SMILES string of the molecule is CC(C)(C)c1cc(NC(=O)N2CCCN(C(=O)C3CCOCC3)CC2)[nH]n1. The van der Waals surface area contributed by atoms with Crippen molar-refractivity contribution < 1.29 is 14.3 Å². The van der Waals surface area contributed by atoms with E-state index >= 15 is 0 Å². The molecule has 2 aliphatic heterocycles. The summed E-state index contributed by atoms with van der Waals surface area (Å²) in [5, 5.41) is 10.0. The summed E-state index contributed by atoms with van der Waals surface area (Å²) in [5.41, 5.74) is 0.828. The minimum Gasteiger partial charge on any atom is -0.381 e. The highest BCUT2D eigenvalue weighted by molar-refractivity contribution is 5.88. The lowest BCUT2D eigenvalue weighted by Gasteiger charge is -2.28. The molecule has 3 amide bonds. The Morgan fingerprint density at radius 2 is 1.81 bits per heavy atom. The first-order valence-corrected chi connectivity index (χ1v) is 9.83. The molecule has 0 spiro atoms. The maximum Gasteiger partial charge on any atom is 0.323 e. The Hall–Kier alpha value is -2.09. The molecule has 2 aliphatic rings. The van der Waals surface area contributed by atoms with Crippen molar-refractivity contribution in [2.24, 2.45) is 5.92 Å². The number of aromatic nitrogens is 2. The third-order valence-electron chi connectivity index (χ3n) is 5.25. The van der Waals surface area contributed by atoms with E-state index in [2.05, 4.69) is 36.3 Å². The van der Waals surface area contributed by atoms with E-state index < -0.39 is 0 Å². The highest BCUT2D eigenvalue weighted by Gasteiger charge is 2.29. The van der Waals surface area contributed by atoms with E-state index in [0.29, 0.717) is 45.2 Å². The molecule has 0 atom stereocenters. The summed E-state index contributed by atoms with van der Waals surface area (Å²) in [7, 11) is 0. The van der Waals surface area contributed by atoms with Crippen LogP contribution in [0.3, 0.4) is 0 Å². The number of nitrogens with one attached hydrogen (secondary N) is 2. The fraction of sp³-hybridized carbons (Fsp3) is 0.737. The molecule has 8 nitrogen and oxygen atoms in total. The van der Waals surface area contributed by atoms with E-state index in [4.69, 9.17) is 4.74 Å². The fourth-order valence-corrected chi connectivity index (χ4v) is 3.51. The van der Waals surface area contributed by atoms with E-state index in [1.54, 1.807) is 4.90 Å². The van der Waals surface area contributed by atoms with Crippen LogP contribution in [-0.4, -0.2) is 71.3 Å². The summed E-state index contributed by atoms with van der Waals surface area (Å²) < 4.78 is 5.35. The molecule has 27 heavy (non-hydrogen) atoms. The van der Waals surface area contributed by atoms with Gasteiger partial charge in [0.2, 0.25) is 5.91 Å². The van der Waals surface area contributed by atoms with Gasteiger partial charge in [-0.25, -0.2) is 4.79 Å². The molecular weight excluding hydrogens is 346 g/mol. The molecule has 0 aromatic carbocycles. The van der Waals surface area contributed by atoms with Crippen LogP contribution >= 0.6 is 0 Å². The monoisotopic (exact) mass is 377 g/mol. The van der Waals surface area contributed by atoms with Gasteiger partial charge in [-0.05, 0) is 19.3 Å². The van der Waals surface area contributed by atoms with Crippen molar-refractivity contribution in [1.29, 1.82) is 0 Å². The van der Waals surface area contributed by atoms with E-state index in [-0.39, 0.29) is 23.3 Å². The number of nitrogens with zero attached hydrogens (tertiary/aromatic N) is 3. The molecule has 1 aromatic heterocycles. The summed E-state index contributed by atoms with van der Waals surface area (Å²) in [6, 6.07) is 1.72. The fourth-order valence-electron chi connectivity index (χ4n) is 3.51. The predicted octanol–water partition coefficient (Wildman–Crippen LogP) is 2.20. The molecule has 0 aliphatic carbocycles. The number of carbonyl (C=O) groups excluding carboxylic acids is 2. The second kappa shape index (κ2) is 8.29. The minimum atomic E-state index is -0.153. The second-order valence-corrected chi connectivity index (χ2v) is 8.40. The van der Waals surface area contributed by atoms with Crippen LogP contribution in [0, 0.1) is 5.92 Å². The highest BCUT2D eigenvalue weighted by atomic mass is 16.5. The summed E-state index contributed by atoms with van der Waals surface area (Å²) in [5.74, 6) is 0.883. The van der Waals surface area contributed by atoms with Gasteiger partial charge >= 0.3 is 6.03 Å². The number of anilines is 1. The van der Waals surface area contributed by atoms with Crippen molar-refractivity contribution in [1.82, 2.24) is 20.0 Å². The molecular formula is C19H31N5O3. The summed E-state index contributed by atoms with van der Waals surface area (Å²) in [4.78, 5) is 29.0. The van der Waals surface area contributed by atoms with Crippen LogP contribution in [0.5, 0.6) is 0 Å². The van der Waals surface area contributed by atoms with E-state index in [1.807, 2.05) is 11.0 Å². The Kier molecular flexibility index (Phi) is 6.04. The minimum absolute atomic E-state index is 0.0694. The van der Waals surface area contributed by atoms with Crippen molar-refractivity contribution in [2.75, 3.05) is 44.7 Å². The first-order chi connectivity index (χ1) is 12.8. The van der Waals surface area contributed by atoms with Gasteiger partial charge in [-0.1, -0.05) is 20.8 Å². The van der Waals surface area contributed by atoms with Gasteiger partial charge in [0.1, 0.15) is 5.82 Å². The van der Waals surface area contributed by atoms with Gasteiger partial charge in [-0.15, -0.1) is 0 Å². The molecule has 2 fully saturated rings. The highest BCUT2D eigenvalue weighted by Crippen LogP contribution is 2.22. The Morgan fingerprint density at radius 1 is 1.15 bits per heavy atom. The van der Waals surface area contributed by atoms with Gasteiger partial charge in [0, 0.05) is 56.8 Å². The Bertz CT molecular complexity index is 661. The summed E-state index contributed by atoms with van der Waals surface area (Å²) >= 11 is 0. The number of amides is 3. The predicted molar refractivity (Wildman–Crippen MR) is 103 cm³/mol. The van der Waals surface area contributed by atoms with Crippen molar-refractivity contribution >= 4 is 17.8 Å². The lowest BCUT2D eigenvalue weighted by Crippen LogP contribution is -2.42. The number of ether oxygens (including phenoxy) is 1. The van der Waals surface area contributed by atoms with Crippen LogP contribution in [0.4, 0.5) is 10.6 Å². The molecule has 3 rings (SSSR count). The third-order valence-corrected chi connectivity index (χ3v) is 5.25. The van der Waals surface area contributed by atoms with Gasteiger partial charge in [-0.3, -0.25) is 15.2 Å². The van der Waals surface area contributed by atoms with Crippen molar-refractivity contribution in [3.63, 3.8) is 0 Å². The van der Waals surface area contributed by atoms with Crippen LogP contribution in [-0.2, 0) is 14.9 Å². The zero-order valence-corrected chi connectivity index (χ0v) is 16.6. The number of urea groups is 1. The molecule has 1 aromatic rings. The van der Waals surface area contributed by atoms with Crippen LogP contribution in [0.25, 0.3) is 0 Å². The molecule has 0 unspecified atom stereocenters. The Morgan fingerprint density at radius 3 is 2.48 bits per heavy atom. The second-order valence-electron chi connectivity index (χ2n) is 8.40. The lowest BCUT2D eigenvalue weighted by atomic mass is 9.92. The van der Waals surface area contributed by atoms with Gasteiger partial charge in [-0.2, -0.15) is 5.10 Å². The maximum atomic E-state index is 12.7. The van der Waals surface area contributed by atoms with E-state index in [9.17, 15) is 9.59 Å². The topological polar surface area (TPSA) is 90.6 Å². The quantitative estimate of drug-likeness (QED) is 0.827. The van der Waals surface area contributed by atoms with Gasteiger partial charge in [0.25, 0.3) is 0 Å². The lowest BCUT2D eigenvalue weighted by molar-refractivity contribution is -0.138. The first kappa shape index (κ1) is 19.7. The molecule has 0 radical (unpaired) electrons. The number of H-pyrrole nitrogens is 1. The van der Waals surface area contributed by atoms with Crippen LogP contribution in [0.15, 0.2) is 6.07 Å². The summed E-state index contributed by atoms with van der Waals surface area (Å²) in [6.07, 6.45) is 2.39. The van der Waals surface area contributed by atoms with Crippen molar-refractivity contribution in [2.45, 2.75) is 45.4 Å². The van der Waals surface area contributed by atoms with Crippen molar-refractivity contribution in [3.05, 3.63) is 11.8 Å². The van der Waals surface area contributed by atoms with Crippen LogP contribution in [0.1, 0.15) is 45.7 Å². The van der Waals surface area contributed by atoms with E-state index in [1.165, 1.54) is 0 Å². The number of hydrogen-bond acceptors (Lipinski definition) is 4. The normalized spacial score (nSPS) is 19.7. The molecule has 3 heterocycles. The molecule has 0 saturated carbocycles. The van der Waals surface area contributed by atoms with Crippen molar-refractivity contribution in [3.8, 4) is 0 Å². The van der Waals surface area contributed by atoms with E-state index in [0.717, 1.165) is 25.0 Å². The molecule has 0 bridgehead atoms. The molecule has 2 N–H and O–H groups in total. The van der Waals surface area contributed by atoms with Crippen LogP contribution in [0.2, 0.25) is 0 Å². The third kappa shape index (κ3) is 5.00. The Balaban J connectivity index is 1.53.